The van der Waals surface area contributed by atoms with Gasteiger partial charge >= 0.3 is 24.3 Å². The van der Waals surface area contributed by atoms with Gasteiger partial charge in [-0.3, -0.25) is 9.78 Å². The maximum Gasteiger partial charge on any atom is 1.00 e. The number of hydrogen-bond acceptors (Lipinski definition) is 8. The zero-order valence-electron chi connectivity index (χ0n) is 36.9. The van der Waals surface area contributed by atoms with E-state index in [0.717, 1.165) is 34.5 Å². The zero-order valence-corrected chi connectivity index (χ0v) is 39.8. The number of benzene rings is 6. The van der Waals surface area contributed by atoms with Crippen LogP contribution in [0.15, 0.2) is 170 Å². The molecule has 0 fully saturated rings. The fourth-order valence-electron chi connectivity index (χ4n) is 6.12. The molecule has 0 saturated carbocycles. The van der Waals surface area contributed by atoms with Crippen LogP contribution in [0.4, 0.5) is 17.3 Å². The molecule has 16 heteroatoms. The number of halogens is 4. The number of carbonyl (C=O) groups excluding carboxylic acids is 1. The predicted molar refractivity (Wildman–Crippen MR) is 257 cm³/mol. The number of ether oxygens (including phenoxy) is 6. The monoisotopic (exact) mass is 977 g/mol. The van der Waals surface area contributed by atoms with Gasteiger partial charge < -0.3 is 45.7 Å². The molecule has 0 radical (unpaired) electrons. The van der Waals surface area contributed by atoms with Gasteiger partial charge in [-0.1, -0.05) is 6.07 Å². The van der Waals surface area contributed by atoms with Crippen molar-refractivity contribution in [2.45, 2.75) is 6.92 Å². The minimum Gasteiger partial charge on any atom is -0.497 e. The number of hydrogen-bond donors (Lipinski definition) is 0. The van der Waals surface area contributed by atoms with Gasteiger partial charge in [0.1, 0.15) is 72.0 Å². The van der Waals surface area contributed by atoms with Gasteiger partial charge in [-0.25, -0.2) is 0 Å². The van der Waals surface area contributed by atoms with E-state index in [4.69, 9.17) is 28.4 Å². The molecule has 65 heavy (non-hydrogen) atoms. The SMILES string of the molecule is CC(=O)c1ccccn1.COc1ccc([PH+](c2ccc(OC)cc2)c2ccc(OC)cc2)cc1.COc1ccc([PH+](c2ccc(OC)cc2)c2ccc(OC)cc2)cc1.F[B-](F)(F)F.[Cu+]. The van der Waals surface area contributed by atoms with Crippen LogP contribution < -0.4 is 60.2 Å². The van der Waals surface area contributed by atoms with E-state index < -0.39 is 23.1 Å². The van der Waals surface area contributed by atoms with Crippen LogP contribution in [-0.4, -0.2) is 60.7 Å². The van der Waals surface area contributed by atoms with Crippen molar-refractivity contribution in [2.24, 2.45) is 0 Å². The molecule has 0 unspecified atom stereocenters. The fraction of sp³-hybridized carbons (Fsp3) is 0.143. The van der Waals surface area contributed by atoms with Gasteiger partial charge in [-0.2, -0.15) is 0 Å². The summed E-state index contributed by atoms with van der Waals surface area (Å²) in [4.78, 5) is 14.4. The Morgan fingerprint density at radius 2 is 0.600 bits per heavy atom. The minimum absolute atomic E-state index is 0. The second-order valence-corrected chi connectivity index (χ2v) is 18.4. The summed E-state index contributed by atoms with van der Waals surface area (Å²) >= 11 is 0. The summed E-state index contributed by atoms with van der Waals surface area (Å²) in [5.41, 5.74) is 0.525. The number of Topliss-reactive ketones (excluding diaryl/α,β-unsaturated/α-hetero) is 1. The maximum absolute atomic E-state index is 10.6. The molecule has 0 bridgehead atoms. The number of carbonyl (C=O) groups is 1. The van der Waals surface area contributed by atoms with E-state index in [9.17, 15) is 22.1 Å². The molecule has 8 nitrogen and oxygen atoms in total. The predicted octanol–water partition coefficient (Wildman–Crippen LogP) is 8.99. The van der Waals surface area contributed by atoms with Crippen LogP contribution in [0.3, 0.4) is 0 Å². The Bertz CT molecular complexity index is 2050. The van der Waals surface area contributed by atoms with Crippen molar-refractivity contribution < 1.29 is 67.5 Å². The number of methoxy groups -OCH3 is 6. The molecular formula is C49H51BCuF4NO7P2+2. The van der Waals surface area contributed by atoms with Crippen molar-refractivity contribution in [3.05, 3.63) is 176 Å². The van der Waals surface area contributed by atoms with Gasteiger partial charge in [0.05, 0.1) is 58.5 Å². The Hall–Kier alpha value is -5.90. The van der Waals surface area contributed by atoms with Gasteiger partial charge in [0.25, 0.3) is 0 Å². The third kappa shape index (κ3) is 17.5. The second kappa shape index (κ2) is 27.4. The van der Waals surface area contributed by atoms with Gasteiger partial charge in [-0.15, -0.1) is 0 Å². The molecule has 0 spiro atoms. The summed E-state index contributed by atoms with van der Waals surface area (Å²) in [5, 5.41) is 7.84. The summed E-state index contributed by atoms with van der Waals surface area (Å²) in [7, 11) is 1.89. The molecule has 1 heterocycles. The van der Waals surface area contributed by atoms with Crippen molar-refractivity contribution in [3.8, 4) is 34.5 Å². The van der Waals surface area contributed by atoms with E-state index in [1.165, 1.54) is 38.8 Å². The Kier molecular flexibility index (Phi) is 22.6. The van der Waals surface area contributed by atoms with Gasteiger partial charge in [0.15, 0.2) is 5.78 Å². The van der Waals surface area contributed by atoms with Crippen LogP contribution in [0.5, 0.6) is 34.5 Å². The van der Waals surface area contributed by atoms with E-state index in [2.05, 4.69) is 77.8 Å². The summed E-state index contributed by atoms with van der Waals surface area (Å²) in [6.07, 6.45) is 1.61. The molecule has 7 aromatic rings. The standard InChI is InChI=1S/2C21H21O3P.C7H7NO.BF4.Cu/c2*1-22-16-4-10-19(11-5-16)25(20-12-6-17(23-2)7-13-20)21-14-8-18(24-3)9-15-21;1-6(9)7-4-2-3-5-8-7;2-1(3,4)5;/h2*4-15H,1-3H3;2-5H,1H3;;/q;;;-1;+1/p+2. The van der Waals surface area contributed by atoms with E-state index in [1.807, 2.05) is 72.8 Å². The third-order valence-electron chi connectivity index (χ3n) is 9.30. The molecule has 0 aliphatic carbocycles. The fourth-order valence-corrected chi connectivity index (χ4v) is 11.1. The minimum atomic E-state index is -6.00. The van der Waals surface area contributed by atoms with E-state index in [0.29, 0.717) is 5.69 Å². The second-order valence-electron chi connectivity index (χ2n) is 13.4. The molecule has 1 aromatic heterocycles. The number of rotatable bonds is 13. The summed E-state index contributed by atoms with van der Waals surface area (Å²) in [5.74, 6) is 5.23. The molecule has 0 amide bonds. The maximum atomic E-state index is 10.6. The van der Waals surface area contributed by atoms with Gasteiger partial charge in [0, 0.05) is 13.1 Å². The number of ketones is 1. The van der Waals surface area contributed by atoms with Crippen LogP contribution in [0.1, 0.15) is 17.4 Å². The molecule has 6 aromatic carbocycles. The average molecular weight is 978 g/mol. The first-order chi connectivity index (χ1) is 30.8. The zero-order chi connectivity index (χ0) is 46.5. The van der Waals surface area contributed by atoms with Crippen LogP contribution in [0, 0.1) is 0 Å². The number of pyridine rings is 1. The van der Waals surface area contributed by atoms with Crippen molar-refractivity contribution in [1.29, 1.82) is 0 Å². The first-order valence-corrected chi connectivity index (χ1v) is 22.7. The van der Waals surface area contributed by atoms with Crippen LogP contribution in [-0.2, 0) is 17.1 Å². The number of aromatic nitrogens is 1. The van der Waals surface area contributed by atoms with Crippen LogP contribution in [0.25, 0.3) is 0 Å². The average Bonchev–Trinajstić information content (AvgIpc) is 3.33. The van der Waals surface area contributed by atoms with Gasteiger partial charge in [0.2, 0.25) is 0 Å². The molecule has 7 rings (SSSR count). The summed E-state index contributed by atoms with van der Waals surface area (Å²) < 4.78 is 70.8. The smallest absolute Gasteiger partial charge is 0.497 e. The topological polar surface area (TPSA) is 85.3 Å². The van der Waals surface area contributed by atoms with Crippen molar-refractivity contribution >= 4 is 60.7 Å². The number of nitrogens with zero attached hydrogens (tertiary/aromatic N) is 1. The first-order valence-electron chi connectivity index (χ1n) is 19.7. The van der Waals surface area contributed by atoms with Gasteiger partial charge in [-0.05, 0) is 158 Å². The van der Waals surface area contributed by atoms with Crippen molar-refractivity contribution in [1.82, 2.24) is 4.98 Å². The summed E-state index contributed by atoms with van der Waals surface area (Å²) in [6, 6.07) is 55.4. The molecule has 0 aliphatic rings. The Morgan fingerprint density at radius 1 is 0.400 bits per heavy atom. The van der Waals surface area contributed by atoms with E-state index in [-0.39, 0.29) is 22.9 Å². The molecule has 344 valence electrons. The van der Waals surface area contributed by atoms with Crippen molar-refractivity contribution in [3.63, 3.8) is 0 Å². The Balaban J connectivity index is 0.000000264. The van der Waals surface area contributed by atoms with Crippen molar-refractivity contribution in [2.75, 3.05) is 42.7 Å². The molecular weight excluding hydrogens is 927 g/mol. The molecule has 0 aliphatic heterocycles. The Morgan fingerprint density at radius 3 is 0.723 bits per heavy atom. The molecule has 0 atom stereocenters. The van der Waals surface area contributed by atoms with Crippen LogP contribution in [0.2, 0.25) is 0 Å². The first kappa shape index (κ1) is 53.4. The third-order valence-corrected chi connectivity index (χ3v) is 14.8. The van der Waals surface area contributed by atoms with E-state index in [1.54, 1.807) is 67.1 Å². The summed E-state index contributed by atoms with van der Waals surface area (Å²) in [6.45, 7) is 1.50. The van der Waals surface area contributed by atoms with E-state index >= 15 is 0 Å². The quantitative estimate of drug-likeness (QED) is 0.0491. The largest absolute Gasteiger partial charge is 1.00 e. The molecule has 0 N–H and O–H groups in total. The normalized spacial score (nSPS) is 10.3. The van der Waals surface area contributed by atoms with Crippen LogP contribution >= 0.6 is 15.8 Å². The Labute approximate surface area is 391 Å². The molecule has 0 saturated heterocycles.